The molecule has 1 aromatic carbocycles. The van der Waals surface area contributed by atoms with Crippen molar-refractivity contribution in [2.75, 3.05) is 5.75 Å². The second kappa shape index (κ2) is 9.93. The number of carboxylic acids is 1. The van der Waals surface area contributed by atoms with Gasteiger partial charge in [0.1, 0.15) is 16.6 Å². The molecule has 0 saturated carbocycles. The Morgan fingerprint density at radius 3 is 2.72 bits per heavy atom. The summed E-state index contributed by atoms with van der Waals surface area (Å²) in [6.45, 7) is 4.79. The predicted molar refractivity (Wildman–Crippen MR) is 121 cm³/mol. The van der Waals surface area contributed by atoms with Crippen LogP contribution in [0.25, 0.3) is 10.9 Å². The predicted octanol–water partition coefficient (Wildman–Crippen LogP) is 4.74. The standard InChI is InChI=1S/C22H23FN2O5S2/c1-4-5-19(23)30-13-6-7-15-14(10-13)20(25-12(2)24-15)31-11-16(26)17-8-9-18(32-17)22(3,29)21(27)28/h6-10,19,29H,4-5,11H2,1-3H3,(H,27,28)/t19?,22-/m1/s1. The van der Waals surface area contributed by atoms with Crippen LogP contribution in [0.3, 0.4) is 0 Å². The molecule has 3 aromatic rings. The number of hydrogen-bond acceptors (Lipinski definition) is 8. The first-order chi connectivity index (χ1) is 15.1. The number of hydrogen-bond donors (Lipinski definition) is 2. The van der Waals surface area contributed by atoms with Gasteiger partial charge in [0, 0.05) is 16.7 Å². The maximum atomic E-state index is 13.9. The molecule has 0 radical (unpaired) electrons. The minimum atomic E-state index is -2.06. The van der Waals surface area contributed by atoms with Crippen LogP contribution in [0.4, 0.5) is 4.39 Å². The number of aliphatic hydroxyl groups is 1. The van der Waals surface area contributed by atoms with E-state index in [2.05, 4.69) is 9.97 Å². The number of thioether (sulfide) groups is 1. The number of halogens is 1. The molecule has 0 bridgehead atoms. The molecule has 0 saturated heterocycles. The van der Waals surface area contributed by atoms with E-state index < -0.39 is 17.9 Å². The van der Waals surface area contributed by atoms with E-state index in [1.807, 2.05) is 6.92 Å². The third-order valence-corrected chi connectivity index (χ3v) is 6.97. The number of aryl methyl sites for hydroxylation is 1. The molecule has 2 aromatic heterocycles. The van der Waals surface area contributed by atoms with Gasteiger partial charge in [-0.15, -0.1) is 11.3 Å². The number of aromatic nitrogens is 2. The number of benzene rings is 1. The van der Waals surface area contributed by atoms with Crippen molar-refractivity contribution in [3.63, 3.8) is 0 Å². The Labute approximate surface area is 192 Å². The Morgan fingerprint density at radius 2 is 2.03 bits per heavy atom. The highest BCUT2D eigenvalue weighted by atomic mass is 32.2. The van der Waals surface area contributed by atoms with E-state index in [0.717, 1.165) is 11.3 Å². The zero-order valence-corrected chi connectivity index (χ0v) is 19.4. The molecule has 170 valence electrons. The van der Waals surface area contributed by atoms with Crippen LogP contribution in [0, 0.1) is 6.92 Å². The normalized spacial score (nSPS) is 14.2. The fraction of sp³-hybridized carbons (Fsp3) is 0.364. The first kappa shape index (κ1) is 24.1. The summed E-state index contributed by atoms with van der Waals surface area (Å²) in [6.07, 6.45) is -0.458. The average molecular weight is 479 g/mol. The highest BCUT2D eigenvalue weighted by molar-refractivity contribution is 8.00. The van der Waals surface area contributed by atoms with Gasteiger partial charge in [-0.25, -0.2) is 19.2 Å². The number of fused-ring (bicyclic) bond motifs is 1. The van der Waals surface area contributed by atoms with Gasteiger partial charge in [0.2, 0.25) is 6.36 Å². The van der Waals surface area contributed by atoms with Crippen LogP contribution in [0.15, 0.2) is 35.4 Å². The molecule has 0 aliphatic heterocycles. The summed E-state index contributed by atoms with van der Waals surface area (Å²) in [7, 11) is 0. The number of alkyl halides is 1. The summed E-state index contributed by atoms with van der Waals surface area (Å²) >= 11 is 2.15. The van der Waals surface area contributed by atoms with Gasteiger partial charge in [0.25, 0.3) is 0 Å². The van der Waals surface area contributed by atoms with Gasteiger partial charge in [0.05, 0.1) is 16.1 Å². The molecular formula is C22H23FN2O5S2. The number of thiophene rings is 1. The van der Waals surface area contributed by atoms with Crippen molar-refractivity contribution < 1.29 is 28.9 Å². The van der Waals surface area contributed by atoms with Gasteiger partial charge in [-0.3, -0.25) is 4.79 Å². The molecule has 2 heterocycles. The Kier molecular flexibility index (Phi) is 7.47. The zero-order valence-electron chi connectivity index (χ0n) is 17.8. The first-order valence-electron chi connectivity index (χ1n) is 9.93. The van der Waals surface area contributed by atoms with Gasteiger partial charge >= 0.3 is 5.97 Å². The third-order valence-electron chi connectivity index (χ3n) is 4.64. The summed E-state index contributed by atoms with van der Waals surface area (Å²) in [6, 6.07) is 7.98. The Bertz CT molecular complexity index is 1150. The van der Waals surface area contributed by atoms with Gasteiger partial charge in [0.15, 0.2) is 11.4 Å². The monoisotopic (exact) mass is 478 g/mol. The van der Waals surface area contributed by atoms with E-state index in [9.17, 15) is 19.1 Å². The van der Waals surface area contributed by atoms with Gasteiger partial charge in [-0.1, -0.05) is 18.7 Å². The van der Waals surface area contributed by atoms with E-state index >= 15 is 0 Å². The van der Waals surface area contributed by atoms with E-state index in [1.54, 1.807) is 25.1 Å². The van der Waals surface area contributed by atoms with E-state index in [4.69, 9.17) is 9.84 Å². The van der Waals surface area contributed by atoms with E-state index in [1.165, 1.54) is 30.8 Å². The van der Waals surface area contributed by atoms with Crippen molar-refractivity contribution in [3.05, 3.63) is 45.9 Å². The lowest BCUT2D eigenvalue weighted by molar-refractivity contribution is -0.157. The maximum Gasteiger partial charge on any atom is 0.340 e. The molecule has 1 unspecified atom stereocenters. The van der Waals surface area contributed by atoms with E-state index in [0.29, 0.717) is 38.8 Å². The molecule has 0 spiro atoms. The van der Waals surface area contributed by atoms with Crippen LogP contribution in [-0.4, -0.2) is 44.0 Å². The van der Waals surface area contributed by atoms with Gasteiger partial charge in [-0.05, 0) is 50.6 Å². The number of nitrogens with zero attached hydrogens (tertiary/aromatic N) is 2. The van der Waals surface area contributed by atoms with Crippen molar-refractivity contribution in [1.82, 2.24) is 9.97 Å². The third kappa shape index (κ3) is 5.43. The number of rotatable bonds is 10. The summed E-state index contributed by atoms with van der Waals surface area (Å²) in [5.41, 5.74) is -1.40. The average Bonchev–Trinajstić information content (AvgIpc) is 3.23. The zero-order chi connectivity index (χ0) is 23.5. The smallest absolute Gasteiger partial charge is 0.340 e. The molecule has 32 heavy (non-hydrogen) atoms. The highest BCUT2D eigenvalue weighted by Crippen LogP contribution is 2.32. The lowest BCUT2D eigenvalue weighted by Crippen LogP contribution is -2.30. The number of ether oxygens (including phenoxy) is 1. The number of carbonyl (C=O) groups is 2. The fourth-order valence-electron chi connectivity index (χ4n) is 2.87. The molecular weight excluding hydrogens is 455 g/mol. The Balaban J connectivity index is 1.80. The minimum absolute atomic E-state index is 0.0490. The number of carboxylic acid groups (broad SMARTS) is 1. The van der Waals surface area contributed by atoms with Crippen LogP contribution in [0.5, 0.6) is 5.75 Å². The van der Waals surface area contributed by atoms with Crippen molar-refractivity contribution in [2.24, 2.45) is 0 Å². The largest absolute Gasteiger partial charge is 0.479 e. The second-order valence-electron chi connectivity index (χ2n) is 7.32. The quantitative estimate of drug-likeness (QED) is 0.244. The molecule has 0 aliphatic rings. The summed E-state index contributed by atoms with van der Waals surface area (Å²) in [4.78, 5) is 33.2. The number of aliphatic carboxylic acids is 1. The van der Waals surface area contributed by atoms with Crippen molar-refractivity contribution in [3.8, 4) is 5.75 Å². The van der Waals surface area contributed by atoms with Gasteiger partial charge < -0.3 is 14.9 Å². The summed E-state index contributed by atoms with van der Waals surface area (Å²) < 4.78 is 19.2. The van der Waals surface area contributed by atoms with Crippen LogP contribution in [0.2, 0.25) is 0 Å². The maximum absolute atomic E-state index is 13.9. The lowest BCUT2D eigenvalue weighted by Gasteiger charge is -2.15. The van der Waals surface area contributed by atoms with Crippen LogP contribution in [0.1, 0.15) is 47.1 Å². The van der Waals surface area contributed by atoms with Crippen molar-refractivity contribution in [2.45, 2.75) is 50.6 Å². The van der Waals surface area contributed by atoms with Gasteiger partial charge in [-0.2, -0.15) is 0 Å². The fourth-order valence-corrected chi connectivity index (χ4v) is 4.88. The van der Waals surface area contributed by atoms with Crippen molar-refractivity contribution >= 4 is 45.8 Å². The van der Waals surface area contributed by atoms with Crippen LogP contribution < -0.4 is 4.74 Å². The Hall–Kier alpha value is -2.56. The molecule has 7 nitrogen and oxygen atoms in total. The number of ketones is 1. The van der Waals surface area contributed by atoms with Crippen LogP contribution in [-0.2, 0) is 10.4 Å². The molecule has 0 amide bonds. The minimum Gasteiger partial charge on any atom is -0.479 e. The summed E-state index contributed by atoms with van der Waals surface area (Å²) in [5, 5.41) is 20.4. The first-order valence-corrected chi connectivity index (χ1v) is 11.7. The number of Topliss-reactive ketones (excluding diaryl/α,β-unsaturated/α-hetero) is 1. The molecule has 0 aliphatic carbocycles. The Morgan fingerprint density at radius 1 is 1.28 bits per heavy atom. The topological polar surface area (TPSA) is 110 Å². The van der Waals surface area contributed by atoms with Crippen LogP contribution >= 0.6 is 23.1 Å². The summed E-state index contributed by atoms with van der Waals surface area (Å²) in [5.74, 6) is -0.670. The molecule has 2 atom stereocenters. The van der Waals surface area contributed by atoms with E-state index in [-0.39, 0.29) is 22.8 Å². The van der Waals surface area contributed by atoms with Crippen molar-refractivity contribution in [1.29, 1.82) is 0 Å². The lowest BCUT2D eigenvalue weighted by atomic mass is 10.1. The molecule has 3 rings (SSSR count). The second-order valence-corrected chi connectivity index (χ2v) is 9.37. The molecule has 2 N–H and O–H groups in total. The molecule has 10 heteroatoms. The molecule has 0 fully saturated rings. The SMILES string of the molecule is CCCC(F)Oc1ccc2nc(C)nc(SCC(=O)c3ccc([C@@](C)(O)C(=O)O)s3)c2c1. The highest BCUT2D eigenvalue weighted by Gasteiger charge is 2.34. The number of carbonyl (C=O) groups excluding carboxylic acids is 1.